The molecule has 28 heavy (non-hydrogen) atoms. The highest BCUT2D eigenvalue weighted by Gasteiger charge is 2.15. The summed E-state index contributed by atoms with van der Waals surface area (Å²) in [6.45, 7) is 7.56. The summed E-state index contributed by atoms with van der Waals surface area (Å²) < 4.78 is 5.21. The van der Waals surface area contributed by atoms with Gasteiger partial charge in [-0.1, -0.05) is 43.3 Å². The molecule has 0 aliphatic heterocycles. The third kappa shape index (κ3) is 6.96. The van der Waals surface area contributed by atoms with Crippen LogP contribution in [0, 0.1) is 13.8 Å². The number of carbonyl (C=O) groups is 2. The van der Waals surface area contributed by atoms with Gasteiger partial charge in [-0.2, -0.15) is 0 Å². The van der Waals surface area contributed by atoms with E-state index in [0.717, 1.165) is 29.8 Å². The van der Waals surface area contributed by atoms with Gasteiger partial charge in [-0.25, -0.2) is 14.8 Å². The summed E-state index contributed by atoms with van der Waals surface area (Å²) in [6.07, 6.45) is 1.87. The van der Waals surface area contributed by atoms with Gasteiger partial charge in [-0.3, -0.25) is 4.79 Å². The minimum atomic E-state index is -0.504. The molecule has 0 aliphatic rings. The highest BCUT2D eigenvalue weighted by Crippen LogP contribution is 2.22. The number of ether oxygens (including phenoxy) is 1. The average molecular weight is 402 g/mol. The van der Waals surface area contributed by atoms with Crippen LogP contribution in [0.15, 0.2) is 35.5 Å². The number of amides is 1. The van der Waals surface area contributed by atoms with Gasteiger partial charge in [0, 0.05) is 23.2 Å². The number of carbonyl (C=O) groups excluding carboxylic acids is 2. The number of hydrogen-bond acceptors (Lipinski definition) is 6. The van der Waals surface area contributed by atoms with E-state index in [4.69, 9.17) is 4.74 Å². The van der Waals surface area contributed by atoms with E-state index in [0.29, 0.717) is 16.5 Å². The summed E-state index contributed by atoms with van der Waals surface area (Å²) in [5.41, 5.74) is 3.09. The number of nitrogens with one attached hydrogen (secondary N) is 1. The van der Waals surface area contributed by atoms with E-state index in [1.54, 1.807) is 12.1 Å². The van der Waals surface area contributed by atoms with Gasteiger partial charge >= 0.3 is 5.97 Å². The van der Waals surface area contributed by atoms with Gasteiger partial charge in [-0.05, 0) is 44.9 Å². The predicted octanol–water partition coefficient (Wildman–Crippen LogP) is 3.85. The summed E-state index contributed by atoms with van der Waals surface area (Å²) in [7, 11) is 0. The molecule has 0 aliphatic carbocycles. The zero-order chi connectivity index (χ0) is 20.5. The van der Waals surface area contributed by atoms with Crippen LogP contribution in [0.25, 0.3) is 0 Å². The minimum Gasteiger partial charge on any atom is -0.452 e. The maximum atomic E-state index is 12.5. The molecule has 0 radical (unpaired) electrons. The lowest BCUT2D eigenvalue weighted by atomic mass is 10.1. The zero-order valence-electron chi connectivity index (χ0n) is 16.8. The molecule has 150 valence electrons. The van der Waals surface area contributed by atoms with Gasteiger partial charge in [0.05, 0.1) is 5.56 Å². The number of nitrogens with zero attached hydrogens (tertiary/aromatic N) is 2. The van der Waals surface area contributed by atoms with Gasteiger partial charge in [0.15, 0.2) is 11.8 Å². The highest BCUT2D eigenvalue weighted by atomic mass is 32.2. The molecule has 6 nitrogen and oxygen atoms in total. The van der Waals surface area contributed by atoms with Crippen LogP contribution in [0.1, 0.15) is 54.0 Å². The van der Waals surface area contributed by atoms with Gasteiger partial charge < -0.3 is 10.1 Å². The molecule has 0 bridgehead atoms. The second kappa shape index (κ2) is 10.8. The third-order valence-electron chi connectivity index (χ3n) is 4.02. The van der Waals surface area contributed by atoms with Crippen LogP contribution < -0.4 is 5.32 Å². The highest BCUT2D eigenvalue weighted by molar-refractivity contribution is 7.98. The maximum Gasteiger partial charge on any atom is 0.338 e. The second-order valence-corrected chi connectivity index (χ2v) is 7.65. The molecule has 1 N–H and O–H groups in total. The standard InChI is InChI=1S/C21H27N3O3S/c1-5-8-14(2)22-19(25)12-27-20(26)18-10-7-6-9-17(18)13-28-21-23-15(3)11-16(4)24-21/h6-7,9-11,14H,5,8,12-13H2,1-4H3,(H,22,25)/t14-/m0/s1. The lowest BCUT2D eigenvalue weighted by Gasteiger charge is -2.13. The van der Waals surface area contributed by atoms with Crippen molar-refractivity contribution in [3.05, 3.63) is 52.8 Å². The summed E-state index contributed by atoms with van der Waals surface area (Å²) in [5.74, 6) is -0.255. The smallest absolute Gasteiger partial charge is 0.338 e. The molecular weight excluding hydrogens is 374 g/mol. The maximum absolute atomic E-state index is 12.5. The molecule has 0 fully saturated rings. The quantitative estimate of drug-likeness (QED) is 0.390. The van der Waals surface area contributed by atoms with Crippen LogP contribution in [0.5, 0.6) is 0 Å². The molecule has 2 rings (SSSR count). The van der Waals surface area contributed by atoms with Crippen molar-refractivity contribution in [2.24, 2.45) is 0 Å². The molecule has 1 atom stereocenters. The van der Waals surface area contributed by atoms with Crippen molar-refractivity contribution in [2.75, 3.05) is 6.61 Å². The molecule has 0 saturated carbocycles. The summed E-state index contributed by atoms with van der Waals surface area (Å²) >= 11 is 1.46. The Hall–Kier alpha value is -2.41. The summed E-state index contributed by atoms with van der Waals surface area (Å²) in [5, 5.41) is 3.49. The van der Waals surface area contributed by atoms with Crippen molar-refractivity contribution in [3.8, 4) is 0 Å². The molecule has 2 aromatic rings. The number of thioether (sulfide) groups is 1. The second-order valence-electron chi connectivity index (χ2n) is 6.71. The molecule has 1 aromatic carbocycles. The minimum absolute atomic E-state index is 0.0673. The number of hydrogen-bond donors (Lipinski definition) is 1. The van der Waals surface area contributed by atoms with Gasteiger partial charge in [0.2, 0.25) is 0 Å². The molecular formula is C21H27N3O3S. The Labute approximate surface area is 170 Å². The predicted molar refractivity (Wildman–Crippen MR) is 110 cm³/mol. The number of benzene rings is 1. The fraction of sp³-hybridized carbons (Fsp3) is 0.429. The third-order valence-corrected chi connectivity index (χ3v) is 4.92. The van der Waals surface area contributed by atoms with Crippen LogP contribution in [0.3, 0.4) is 0 Å². The Morgan fingerprint density at radius 1 is 1.18 bits per heavy atom. The fourth-order valence-electron chi connectivity index (χ4n) is 2.78. The van der Waals surface area contributed by atoms with Crippen LogP contribution in [0.2, 0.25) is 0 Å². The average Bonchev–Trinajstić information content (AvgIpc) is 2.64. The van der Waals surface area contributed by atoms with Crippen molar-refractivity contribution < 1.29 is 14.3 Å². The fourth-order valence-corrected chi connectivity index (χ4v) is 3.73. The van der Waals surface area contributed by atoms with Crippen LogP contribution in [-0.2, 0) is 15.3 Å². The van der Waals surface area contributed by atoms with Gasteiger partial charge in [-0.15, -0.1) is 0 Å². The Morgan fingerprint density at radius 2 is 1.86 bits per heavy atom. The number of aryl methyl sites for hydroxylation is 2. The summed E-state index contributed by atoms with van der Waals surface area (Å²) in [4.78, 5) is 33.2. The summed E-state index contributed by atoms with van der Waals surface area (Å²) in [6, 6.07) is 9.21. The number of aromatic nitrogens is 2. The lowest BCUT2D eigenvalue weighted by molar-refractivity contribution is -0.124. The van der Waals surface area contributed by atoms with Crippen molar-refractivity contribution in [3.63, 3.8) is 0 Å². The Morgan fingerprint density at radius 3 is 2.54 bits per heavy atom. The number of esters is 1. The van der Waals surface area contributed by atoms with E-state index in [1.165, 1.54) is 11.8 Å². The molecule has 1 aromatic heterocycles. The Bertz CT molecular complexity index is 806. The van der Waals surface area contributed by atoms with E-state index in [9.17, 15) is 9.59 Å². The lowest BCUT2D eigenvalue weighted by Crippen LogP contribution is -2.35. The van der Waals surface area contributed by atoms with E-state index in [-0.39, 0.29) is 18.6 Å². The van der Waals surface area contributed by atoms with Gasteiger partial charge in [0.1, 0.15) is 0 Å². The van der Waals surface area contributed by atoms with Crippen molar-refractivity contribution in [1.29, 1.82) is 0 Å². The first-order valence-electron chi connectivity index (χ1n) is 9.38. The molecule has 7 heteroatoms. The topological polar surface area (TPSA) is 81.2 Å². The van der Waals surface area contributed by atoms with Gasteiger partial charge in [0.25, 0.3) is 5.91 Å². The van der Waals surface area contributed by atoms with E-state index in [1.807, 2.05) is 39.0 Å². The number of rotatable bonds is 9. The molecule has 0 unspecified atom stereocenters. The monoisotopic (exact) mass is 401 g/mol. The van der Waals surface area contributed by atoms with Crippen molar-refractivity contribution in [2.45, 2.75) is 57.5 Å². The van der Waals surface area contributed by atoms with E-state index >= 15 is 0 Å². The Kier molecular flexibility index (Phi) is 8.44. The molecule has 0 saturated heterocycles. The SMILES string of the molecule is CCC[C@H](C)NC(=O)COC(=O)c1ccccc1CSc1nc(C)cc(C)n1. The van der Waals surface area contributed by atoms with Crippen LogP contribution >= 0.6 is 11.8 Å². The molecule has 0 spiro atoms. The Balaban J connectivity index is 1.96. The van der Waals surface area contributed by atoms with E-state index in [2.05, 4.69) is 22.2 Å². The van der Waals surface area contributed by atoms with Crippen molar-refractivity contribution >= 4 is 23.6 Å². The normalized spacial score (nSPS) is 11.7. The van der Waals surface area contributed by atoms with E-state index < -0.39 is 5.97 Å². The molecule has 1 amide bonds. The largest absolute Gasteiger partial charge is 0.452 e. The van der Waals surface area contributed by atoms with Crippen LogP contribution in [-0.4, -0.2) is 34.5 Å². The first kappa shape index (κ1) is 21.9. The zero-order valence-corrected chi connectivity index (χ0v) is 17.6. The first-order chi connectivity index (χ1) is 13.4. The molecule has 1 heterocycles. The van der Waals surface area contributed by atoms with Crippen LogP contribution in [0.4, 0.5) is 0 Å². The first-order valence-corrected chi connectivity index (χ1v) is 10.4. The van der Waals surface area contributed by atoms with Crippen molar-refractivity contribution in [1.82, 2.24) is 15.3 Å².